The molecule has 0 fully saturated rings. The van der Waals surface area contributed by atoms with E-state index in [9.17, 15) is 14.9 Å². The summed E-state index contributed by atoms with van der Waals surface area (Å²) in [6, 6.07) is 1.35. The quantitative estimate of drug-likeness (QED) is 0.592. The summed E-state index contributed by atoms with van der Waals surface area (Å²) in [7, 11) is 0. The van der Waals surface area contributed by atoms with Crippen molar-refractivity contribution in [3.8, 4) is 0 Å². The van der Waals surface area contributed by atoms with Crippen LogP contribution in [0.4, 0.5) is 10.5 Å². The number of aryl methyl sites for hydroxylation is 1. The van der Waals surface area contributed by atoms with Crippen LogP contribution in [-0.2, 0) is 12.8 Å². The molecular weight excluding hydrogens is 226 g/mol. The highest BCUT2D eigenvalue weighted by Gasteiger charge is 2.22. The van der Waals surface area contributed by atoms with Gasteiger partial charge in [0, 0.05) is 24.2 Å². The van der Waals surface area contributed by atoms with Crippen molar-refractivity contribution in [3.05, 3.63) is 33.6 Å². The molecule has 1 heterocycles. The number of carboxylic acid groups (broad SMARTS) is 1. The smallest absolute Gasteiger partial charge is 0.404 e. The van der Waals surface area contributed by atoms with Crippen LogP contribution in [0.2, 0.25) is 0 Å². The molecule has 0 aromatic carbocycles. The molecule has 0 aliphatic heterocycles. The molecule has 0 radical (unpaired) electrons. The summed E-state index contributed by atoms with van der Waals surface area (Å²) in [5, 5.41) is 21.6. The van der Waals surface area contributed by atoms with Crippen LogP contribution in [0.15, 0.2) is 12.3 Å². The summed E-state index contributed by atoms with van der Waals surface area (Å²) in [5.41, 5.74) is 1.55. The second kappa shape index (κ2) is 4.36. The molecule has 90 valence electrons. The fourth-order valence-corrected chi connectivity index (χ4v) is 1.99. The maximum absolute atomic E-state index is 10.6. The van der Waals surface area contributed by atoms with Crippen LogP contribution in [0.3, 0.4) is 0 Å². The van der Waals surface area contributed by atoms with Gasteiger partial charge >= 0.3 is 6.09 Å². The van der Waals surface area contributed by atoms with Crippen molar-refractivity contribution >= 4 is 11.8 Å². The fourth-order valence-electron chi connectivity index (χ4n) is 1.99. The largest absolute Gasteiger partial charge is 0.465 e. The topological polar surface area (TPSA) is 105 Å². The zero-order valence-electron chi connectivity index (χ0n) is 8.92. The van der Waals surface area contributed by atoms with Crippen molar-refractivity contribution < 1.29 is 14.8 Å². The van der Waals surface area contributed by atoms with Crippen LogP contribution in [0, 0.1) is 10.1 Å². The molecule has 1 atom stereocenters. The number of fused-ring (bicyclic) bond motifs is 1. The lowest BCUT2D eigenvalue weighted by atomic mass is 9.92. The van der Waals surface area contributed by atoms with Gasteiger partial charge in [-0.15, -0.1) is 0 Å². The molecule has 7 nitrogen and oxygen atoms in total. The standard InChI is InChI=1S/C10H11N3O4/c14-10(15)12-7-2-1-6-3-8(13(16)17)5-11-9(6)4-7/h3,5,7,12H,1-2,4H2,(H,14,15). The Kier molecular flexibility index (Phi) is 2.90. The van der Waals surface area contributed by atoms with E-state index in [-0.39, 0.29) is 11.7 Å². The number of nitro groups is 1. The van der Waals surface area contributed by atoms with Crippen molar-refractivity contribution in [2.75, 3.05) is 0 Å². The average molecular weight is 237 g/mol. The molecular formula is C10H11N3O4. The van der Waals surface area contributed by atoms with Gasteiger partial charge in [0.25, 0.3) is 5.69 Å². The van der Waals surface area contributed by atoms with E-state index in [4.69, 9.17) is 5.11 Å². The summed E-state index contributed by atoms with van der Waals surface area (Å²) in [6.45, 7) is 0. The van der Waals surface area contributed by atoms with E-state index in [0.29, 0.717) is 19.3 Å². The van der Waals surface area contributed by atoms with E-state index in [0.717, 1.165) is 11.3 Å². The molecule has 0 saturated heterocycles. The first-order valence-electron chi connectivity index (χ1n) is 5.18. The summed E-state index contributed by atoms with van der Waals surface area (Å²) < 4.78 is 0. The maximum Gasteiger partial charge on any atom is 0.404 e. The highest BCUT2D eigenvalue weighted by atomic mass is 16.6. The fraction of sp³-hybridized carbons (Fsp3) is 0.400. The molecule has 7 heteroatoms. The summed E-state index contributed by atoms with van der Waals surface area (Å²) in [5.74, 6) is 0. The third-order valence-corrected chi connectivity index (χ3v) is 2.79. The SMILES string of the molecule is O=C(O)NC1CCc2cc([N+](=O)[O-])cnc2C1. The number of pyridine rings is 1. The van der Waals surface area contributed by atoms with Gasteiger partial charge in [-0.2, -0.15) is 0 Å². The van der Waals surface area contributed by atoms with Crippen molar-refractivity contribution in [2.45, 2.75) is 25.3 Å². The molecule has 1 unspecified atom stereocenters. The molecule has 2 N–H and O–H groups in total. The number of amides is 1. The second-order valence-electron chi connectivity index (χ2n) is 3.95. The van der Waals surface area contributed by atoms with Gasteiger partial charge in [-0.3, -0.25) is 15.1 Å². The number of hydrogen-bond donors (Lipinski definition) is 2. The van der Waals surface area contributed by atoms with Gasteiger partial charge in [0.05, 0.1) is 4.92 Å². The van der Waals surface area contributed by atoms with Gasteiger partial charge in [-0.05, 0) is 18.4 Å². The number of hydrogen-bond acceptors (Lipinski definition) is 4. The van der Waals surface area contributed by atoms with Gasteiger partial charge in [-0.1, -0.05) is 0 Å². The molecule has 1 aromatic heterocycles. The number of carbonyl (C=O) groups is 1. The van der Waals surface area contributed by atoms with Gasteiger partial charge in [0.15, 0.2) is 0 Å². The summed E-state index contributed by atoms with van der Waals surface area (Å²) >= 11 is 0. The van der Waals surface area contributed by atoms with Crippen molar-refractivity contribution in [1.82, 2.24) is 10.3 Å². The Morgan fingerprint density at radius 3 is 3.06 bits per heavy atom. The first-order valence-corrected chi connectivity index (χ1v) is 5.18. The second-order valence-corrected chi connectivity index (χ2v) is 3.95. The Balaban J connectivity index is 2.17. The third-order valence-electron chi connectivity index (χ3n) is 2.79. The third kappa shape index (κ3) is 2.49. The van der Waals surface area contributed by atoms with E-state index in [2.05, 4.69) is 10.3 Å². The zero-order valence-corrected chi connectivity index (χ0v) is 8.92. The summed E-state index contributed by atoms with van der Waals surface area (Å²) in [4.78, 5) is 24.6. The minimum Gasteiger partial charge on any atom is -0.465 e. The predicted molar refractivity (Wildman–Crippen MR) is 57.9 cm³/mol. The molecule has 17 heavy (non-hydrogen) atoms. The minimum atomic E-state index is -1.06. The highest BCUT2D eigenvalue weighted by Crippen LogP contribution is 2.23. The van der Waals surface area contributed by atoms with E-state index in [1.54, 1.807) is 0 Å². The average Bonchev–Trinajstić information content (AvgIpc) is 2.27. The molecule has 0 saturated carbocycles. The van der Waals surface area contributed by atoms with E-state index < -0.39 is 11.0 Å². The van der Waals surface area contributed by atoms with Gasteiger partial charge in [0.1, 0.15) is 6.20 Å². The number of aromatic nitrogens is 1. The van der Waals surface area contributed by atoms with E-state index in [1.807, 2.05) is 0 Å². The lowest BCUT2D eigenvalue weighted by Gasteiger charge is -2.23. The zero-order chi connectivity index (χ0) is 12.4. The number of rotatable bonds is 2. The van der Waals surface area contributed by atoms with Crippen LogP contribution < -0.4 is 5.32 Å². The molecule has 1 amide bonds. The van der Waals surface area contributed by atoms with Crippen LogP contribution in [0.5, 0.6) is 0 Å². The Morgan fingerprint density at radius 1 is 1.65 bits per heavy atom. The van der Waals surface area contributed by atoms with Crippen molar-refractivity contribution in [3.63, 3.8) is 0 Å². The highest BCUT2D eigenvalue weighted by molar-refractivity contribution is 5.65. The molecule has 1 aromatic rings. The maximum atomic E-state index is 10.6. The lowest BCUT2D eigenvalue weighted by Crippen LogP contribution is -2.38. The van der Waals surface area contributed by atoms with Crippen molar-refractivity contribution in [1.29, 1.82) is 0 Å². The van der Waals surface area contributed by atoms with E-state index >= 15 is 0 Å². The van der Waals surface area contributed by atoms with Crippen LogP contribution in [0.1, 0.15) is 17.7 Å². The Bertz CT molecular complexity index is 475. The first kappa shape index (κ1) is 11.3. The Labute approximate surface area is 96.6 Å². The lowest BCUT2D eigenvalue weighted by molar-refractivity contribution is -0.385. The number of nitrogens with one attached hydrogen (secondary N) is 1. The van der Waals surface area contributed by atoms with Crippen LogP contribution in [0.25, 0.3) is 0 Å². The van der Waals surface area contributed by atoms with Gasteiger partial charge < -0.3 is 10.4 Å². The molecule has 0 spiro atoms. The Morgan fingerprint density at radius 2 is 2.41 bits per heavy atom. The van der Waals surface area contributed by atoms with Gasteiger partial charge in [0.2, 0.25) is 0 Å². The molecule has 1 aliphatic rings. The normalized spacial score (nSPS) is 18.2. The molecule has 2 rings (SSSR count). The molecule has 0 bridgehead atoms. The predicted octanol–water partition coefficient (Wildman–Crippen LogP) is 1.11. The first-order chi connectivity index (χ1) is 8.06. The van der Waals surface area contributed by atoms with Crippen LogP contribution in [-0.4, -0.2) is 27.1 Å². The minimum absolute atomic E-state index is 0.0200. The number of nitrogens with zero attached hydrogens (tertiary/aromatic N) is 2. The monoisotopic (exact) mass is 237 g/mol. The van der Waals surface area contributed by atoms with Crippen molar-refractivity contribution in [2.24, 2.45) is 0 Å². The molecule has 1 aliphatic carbocycles. The Hall–Kier alpha value is -2.18. The summed E-state index contributed by atoms with van der Waals surface area (Å²) in [6.07, 6.45) is 1.89. The van der Waals surface area contributed by atoms with Gasteiger partial charge in [-0.25, -0.2) is 4.79 Å². The van der Waals surface area contributed by atoms with Crippen LogP contribution >= 0.6 is 0 Å². The van der Waals surface area contributed by atoms with E-state index in [1.165, 1.54) is 12.3 Å².